The molecule has 0 radical (unpaired) electrons. The third-order valence-corrected chi connectivity index (χ3v) is 4.62. The van der Waals surface area contributed by atoms with Crippen molar-refractivity contribution in [1.82, 2.24) is 0 Å². The summed E-state index contributed by atoms with van der Waals surface area (Å²) in [5, 5.41) is 23.0. The first kappa shape index (κ1) is 12.6. The fourth-order valence-electron chi connectivity index (χ4n) is 3.60. The zero-order valence-corrected chi connectivity index (χ0v) is 12.5. The van der Waals surface area contributed by atoms with Gasteiger partial charge in [-0.05, 0) is 43.5 Å². The Morgan fingerprint density at radius 2 is 1.65 bits per heavy atom. The summed E-state index contributed by atoms with van der Waals surface area (Å²) in [6.07, 6.45) is 2.49. The van der Waals surface area contributed by atoms with Crippen LogP contribution in [0.2, 0.25) is 0 Å². The molecule has 0 amide bonds. The van der Waals surface area contributed by atoms with Gasteiger partial charge in [-0.2, -0.15) is 0 Å². The van der Waals surface area contributed by atoms with Crippen LogP contribution in [0.5, 0.6) is 0 Å². The second-order valence-corrected chi connectivity index (χ2v) is 6.05. The van der Waals surface area contributed by atoms with Gasteiger partial charge in [0.2, 0.25) is 6.21 Å². The monoisotopic (exact) mass is 298 g/mol. The van der Waals surface area contributed by atoms with E-state index in [1.165, 1.54) is 32.3 Å². The van der Waals surface area contributed by atoms with Crippen LogP contribution in [0.15, 0.2) is 59.7 Å². The van der Waals surface area contributed by atoms with Crippen molar-refractivity contribution in [3.63, 3.8) is 0 Å². The first-order chi connectivity index (χ1) is 11.3. The fourth-order valence-corrected chi connectivity index (χ4v) is 3.60. The van der Waals surface area contributed by atoms with Crippen LogP contribution in [0.3, 0.4) is 0 Å². The number of benzene rings is 4. The van der Waals surface area contributed by atoms with Gasteiger partial charge in [0.15, 0.2) is 6.54 Å². The molecule has 3 nitrogen and oxygen atoms in total. The number of rotatable bonds is 1. The Morgan fingerprint density at radius 3 is 2.43 bits per heavy atom. The first-order valence-corrected chi connectivity index (χ1v) is 7.82. The molecule has 1 aliphatic rings. The molecule has 0 N–H and O–H groups in total. The van der Waals surface area contributed by atoms with E-state index in [0.717, 1.165) is 5.56 Å². The van der Waals surface area contributed by atoms with Crippen molar-refractivity contribution in [3.8, 4) is 0 Å². The van der Waals surface area contributed by atoms with E-state index in [1.807, 2.05) is 6.21 Å². The highest BCUT2D eigenvalue weighted by molar-refractivity contribution is 6.25. The summed E-state index contributed by atoms with van der Waals surface area (Å²) >= 11 is 0. The third-order valence-electron chi connectivity index (χ3n) is 4.62. The molecule has 5 rings (SSSR count). The van der Waals surface area contributed by atoms with Crippen molar-refractivity contribution in [3.05, 3.63) is 60.2 Å². The number of hydrogen-bond acceptors (Lipinski definition) is 2. The molecule has 0 unspecified atom stereocenters. The van der Waals surface area contributed by atoms with Gasteiger partial charge in [0.25, 0.3) is 0 Å². The van der Waals surface area contributed by atoms with Crippen LogP contribution in [-0.2, 0) is 0 Å². The van der Waals surface area contributed by atoms with Crippen molar-refractivity contribution in [1.29, 1.82) is 0 Å². The van der Waals surface area contributed by atoms with E-state index in [1.54, 1.807) is 4.68 Å². The Labute approximate surface area is 133 Å². The van der Waals surface area contributed by atoms with E-state index in [9.17, 15) is 5.11 Å². The topological polar surface area (TPSA) is 38.4 Å². The predicted molar refractivity (Wildman–Crippen MR) is 92.5 cm³/mol. The maximum absolute atomic E-state index is 11.4. The lowest BCUT2D eigenvalue weighted by Gasteiger charge is -2.11. The van der Waals surface area contributed by atoms with Crippen molar-refractivity contribution in [2.75, 3.05) is 6.54 Å². The second-order valence-electron chi connectivity index (χ2n) is 6.05. The standard InChI is InChI=1S/C20H14N2O/c23-18-9-10-22(21-18)12-16-11-15-5-1-3-13-7-8-14-4-2-6-17(16)20(14)19(13)15/h1-8,11-12H,9-10H2/b22-12+. The van der Waals surface area contributed by atoms with E-state index in [-0.39, 0.29) is 5.90 Å². The van der Waals surface area contributed by atoms with Crippen LogP contribution < -0.4 is 5.11 Å². The first-order valence-electron chi connectivity index (χ1n) is 7.82. The Bertz CT molecular complexity index is 1120. The minimum atomic E-state index is -0.0432. The van der Waals surface area contributed by atoms with Gasteiger partial charge in [-0.15, -0.1) is 0 Å². The van der Waals surface area contributed by atoms with Crippen LogP contribution in [0.25, 0.3) is 32.3 Å². The highest BCUT2D eigenvalue weighted by Crippen LogP contribution is 2.35. The molecule has 0 aromatic heterocycles. The van der Waals surface area contributed by atoms with Gasteiger partial charge in [-0.1, -0.05) is 53.2 Å². The zero-order chi connectivity index (χ0) is 15.4. The quantitative estimate of drug-likeness (QED) is 0.393. The SMILES string of the molecule is [O-]C1=N/[N+](=C/c2cc3cccc4ccc5cccc2c5c43)CC1. The van der Waals surface area contributed by atoms with Crippen LogP contribution in [0, 0.1) is 0 Å². The summed E-state index contributed by atoms with van der Waals surface area (Å²) in [6, 6.07) is 19.4. The normalized spacial score (nSPS) is 16.9. The molecular weight excluding hydrogens is 284 g/mol. The average Bonchev–Trinajstić information content (AvgIpc) is 2.98. The van der Waals surface area contributed by atoms with Gasteiger partial charge in [-0.25, -0.2) is 0 Å². The lowest BCUT2D eigenvalue weighted by Crippen LogP contribution is -2.13. The van der Waals surface area contributed by atoms with E-state index >= 15 is 0 Å². The average molecular weight is 298 g/mol. The van der Waals surface area contributed by atoms with Gasteiger partial charge in [0.05, 0.1) is 0 Å². The van der Waals surface area contributed by atoms with Crippen LogP contribution in [-0.4, -0.2) is 23.3 Å². The lowest BCUT2D eigenvalue weighted by atomic mass is 9.92. The van der Waals surface area contributed by atoms with Gasteiger partial charge in [0, 0.05) is 17.9 Å². The summed E-state index contributed by atoms with van der Waals surface area (Å²) in [4.78, 5) is 0. The highest BCUT2D eigenvalue weighted by Gasteiger charge is 2.15. The Balaban J connectivity index is 1.93. The highest BCUT2D eigenvalue weighted by atomic mass is 16.3. The summed E-state index contributed by atoms with van der Waals surface area (Å²) in [5.41, 5.74) is 1.11. The van der Waals surface area contributed by atoms with Crippen LogP contribution in [0.1, 0.15) is 12.0 Å². The molecule has 3 heteroatoms. The van der Waals surface area contributed by atoms with Crippen LogP contribution in [0.4, 0.5) is 0 Å². The van der Waals surface area contributed by atoms with Crippen molar-refractivity contribution in [2.24, 2.45) is 5.10 Å². The van der Waals surface area contributed by atoms with E-state index in [0.29, 0.717) is 13.0 Å². The summed E-state index contributed by atoms with van der Waals surface area (Å²) in [6.45, 7) is 0.665. The number of nitrogens with zero attached hydrogens (tertiary/aromatic N) is 2. The molecule has 0 saturated heterocycles. The number of hydrogen-bond donors (Lipinski definition) is 0. The third kappa shape index (κ3) is 1.83. The minimum absolute atomic E-state index is 0.0432. The largest absolute Gasteiger partial charge is 0.857 e. The Kier molecular flexibility index (Phi) is 2.48. The summed E-state index contributed by atoms with van der Waals surface area (Å²) in [7, 11) is 0. The maximum atomic E-state index is 11.4. The lowest BCUT2D eigenvalue weighted by molar-refractivity contribution is -0.519. The Morgan fingerprint density at radius 1 is 0.913 bits per heavy atom. The molecule has 0 bridgehead atoms. The van der Waals surface area contributed by atoms with Gasteiger partial charge < -0.3 is 5.11 Å². The summed E-state index contributed by atoms with van der Waals surface area (Å²) in [5.74, 6) is -0.0432. The Hall–Kier alpha value is -2.94. The smallest absolute Gasteiger partial charge is 0.204 e. The predicted octanol–water partition coefficient (Wildman–Crippen LogP) is 3.09. The van der Waals surface area contributed by atoms with E-state index < -0.39 is 0 Å². The zero-order valence-electron chi connectivity index (χ0n) is 12.5. The van der Waals surface area contributed by atoms with Gasteiger partial charge in [0.1, 0.15) is 0 Å². The second kappa shape index (κ2) is 4.53. The molecule has 1 aliphatic heterocycles. The molecule has 4 aromatic carbocycles. The molecule has 0 aliphatic carbocycles. The molecule has 0 atom stereocenters. The molecule has 110 valence electrons. The molecule has 0 saturated carbocycles. The van der Waals surface area contributed by atoms with Gasteiger partial charge >= 0.3 is 0 Å². The summed E-state index contributed by atoms with van der Waals surface area (Å²) < 4.78 is 1.76. The number of hydrazone groups is 1. The van der Waals surface area contributed by atoms with Crippen molar-refractivity contribution in [2.45, 2.75) is 6.42 Å². The van der Waals surface area contributed by atoms with Gasteiger partial charge in [-0.3, -0.25) is 0 Å². The van der Waals surface area contributed by atoms with Crippen molar-refractivity contribution < 1.29 is 9.79 Å². The molecular formula is C20H14N2O. The van der Waals surface area contributed by atoms with Crippen molar-refractivity contribution >= 4 is 44.4 Å². The fraction of sp³-hybridized carbons (Fsp3) is 0.100. The van der Waals surface area contributed by atoms with E-state index in [4.69, 9.17) is 0 Å². The molecule has 0 spiro atoms. The minimum Gasteiger partial charge on any atom is -0.857 e. The molecule has 1 heterocycles. The van der Waals surface area contributed by atoms with Crippen LogP contribution >= 0.6 is 0 Å². The van der Waals surface area contributed by atoms with E-state index in [2.05, 4.69) is 59.7 Å². The molecule has 0 fully saturated rings. The molecule has 4 aromatic rings. The molecule has 23 heavy (non-hydrogen) atoms. The maximum Gasteiger partial charge on any atom is 0.204 e.